The van der Waals surface area contributed by atoms with E-state index in [0.717, 1.165) is 28.1 Å². The molecule has 0 aliphatic carbocycles. The second-order valence-electron chi connectivity index (χ2n) is 8.17. The van der Waals surface area contributed by atoms with Gasteiger partial charge in [-0.2, -0.15) is 10.2 Å². The number of carbonyl (C=O) groups excluding carboxylic acids is 2. The van der Waals surface area contributed by atoms with Crippen molar-refractivity contribution in [3.63, 3.8) is 0 Å². The van der Waals surface area contributed by atoms with E-state index in [-0.39, 0.29) is 11.8 Å². The van der Waals surface area contributed by atoms with E-state index in [0.29, 0.717) is 24.2 Å². The first-order valence-electron chi connectivity index (χ1n) is 10.2. The lowest BCUT2D eigenvalue weighted by atomic mass is 10.0. The Hall–Kier alpha value is -3.42. The number of nitrogens with zero attached hydrogens (tertiary/aromatic N) is 6. The maximum Gasteiger partial charge on any atom is 0.253 e. The molecule has 164 valence electrons. The highest BCUT2D eigenvalue weighted by atomic mass is 16.2. The van der Waals surface area contributed by atoms with E-state index >= 15 is 0 Å². The summed E-state index contributed by atoms with van der Waals surface area (Å²) >= 11 is 0. The molecule has 2 aromatic heterocycles. The predicted octanol–water partition coefficient (Wildman–Crippen LogP) is 2.62. The average molecular weight is 423 g/mol. The van der Waals surface area contributed by atoms with Crippen molar-refractivity contribution < 1.29 is 9.59 Å². The molecule has 0 bridgehead atoms. The van der Waals surface area contributed by atoms with Crippen LogP contribution in [-0.2, 0) is 27.2 Å². The van der Waals surface area contributed by atoms with Gasteiger partial charge in [0.1, 0.15) is 0 Å². The Bertz CT molecular complexity index is 1040. The van der Waals surface area contributed by atoms with Crippen LogP contribution in [0, 0.1) is 20.8 Å². The largest absolute Gasteiger partial charge is 0.337 e. The normalized spacial score (nSPS) is 10.9. The Morgan fingerprint density at radius 1 is 0.774 bits per heavy atom. The van der Waals surface area contributed by atoms with Gasteiger partial charge < -0.3 is 9.80 Å². The summed E-state index contributed by atoms with van der Waals surface area (Å²) < 4.78 is 3.58. The third kappa shape index (κ3) is 4.68. The van der Waals surface area contributed by atoms with Crippen molar-refractivity contribution in [1.82, 2.24) is 29.4 Å². The van der Waals surface area contributed by atoms with Crippen LogP contribution in [0.15, 0.2) is 30.6 Å². The van der Waals surface area contributed by atoms with Crippen molar-refractivity contribution >= 4 is 11.8 Å². The van der Waals surface area contributed by atoms with Crippen molar-refractivity contribution in [2.45, 2.75) is 33.9 Å². The van der Waals surface area contributed by atoms with Crippen LogP contribution in [0.25, 0.3) is 0 Å². The molecule has 3 rings (SSSR count). The van der Waals surface area contributed by atoms with E-state index in [4.69, 9.17) is 0 Å². The lowest BCUT2D eigenvalue weighted by Gasteiger charge is -2.20. The van der Waals surface area contributed by atoms with Crippen LogP contribution < -0.4 is 0 Å². The molecule has 0 spiro atoms. The molecule has 0 aliphatic rings. The maximum atomic E-state index is 13.1. The van der Waals surface area contributed by atoms with E-state index < -0.39 is 0 Å². The second kappa shape index (κ2) is 8.75. The fourth-order valence-electron chi connectivity index (χ4n) is 3.52. The zero-order valence-electron chi connectivity index (χ0n) is 19.3. The molecule has 2 amide bonds. The van der Waals surface area contributed by atoms with Crippen molar-refractivity contribution in [2.24, 2.45) is 14.1 Å². The van der Waals surface area contributed by atoms with Gasteiger partial charge in [0.2, 0.25) is 0 Å². The SMILES string of the molecule is Cc1cc(C(=O)N(C)Cc2cnn(C)c2C)cc(C(=O)N(C)Cc2cnn(C)c2C)c1. The minimum absolute atomic E-state index is 0.133. The van der Waals surface area contributed by atoms with Crippen LogP contribution in [0.1, 0.15) is 48.8 Å². The Balaban J connectivity index is 1.78. The van der Waals surface area contributed by atoms with Crippen LogP contribution in [0.5, 0.6) is 0 Å². The Labute approximate surface area is 183 Å². The van der Waals surface area contributed by atoms with Gasteiger partial charge in [-0.1, -0.05) is 0 Å². The van der Waals surface area contributed by atoms with Crippen LogP contribution >= 0.6 is 0 Å². The van der Waals surface area contributed by atoms with Crippen LogP contribution in [0.4, 0.5) is 0 Å². The highest BCUT2D eigenvalue weighted by molar-refractivity contribution is 5.99. The van der Waals surface area contributed by atoms with Crippen molar-refractivity contribution in [1.29, 1.82) is 0 Å². The number of hydrogen-bond acceptors (Lipinski definition) is 4. The highest BCUT2D eigenvalue weighted by Crippen LogP contribution is 2.17. The molecular formula is C23H30N6O2. The monoisotopic (exact) mass is 422 g/mol. The summed E-state index contributed by atoms with van der Waals surface area (Å²) in [4.78, 5) is 29.4. The molecule has 1 aromatic carbocycles. The number of rotatable bonds is 6. The highest BCUT2D eigenvalue weighted by Gasteiger charge is 2.19. The van der Waals surface area contributed by atoms with Crippen LogP contribution in [-0.4, -0.2) is 55.3 Å². The molecule has 0 saturated carbocycles. The molecule has 31 heavy (non-hydrogen) atoms. The molecule has 0 radical (unpaired) electrons. The lowest BCUT2D eigenvalue weighted by Crippen LogP contribution is -2.28. The fourth-order valence-corrected chi connectivity index (χ4v) is 3.52. The summed E-state index contributed by atoms with van der Waals surface area (Å²) in [6.45, 7) is 6.75. The summed E-state index contributed by atoms with van der Waals surface area (Å²) in [5.41, 5.74) is 5.89. The van der Waals surface area contributed by atoms with E-state index in [1.165, 1.54) is 0 Å². The number of benzene rings is 1. The first-order valence-corrected chi connectivity index (χ1v) is 10.2. The number of aryl methyl sites for hydroxylation is 3. The minimum atomic E-state index is -0.133. The van der Waals surface area contributed by atoms with Gasteiger partial charge in [0.25, 0.3) is 11.8 Å². The first-order chi connectivity index (χ1) is 14.6. The first kappa shape index (κ1) is 22.3. The molecule has 0 unspecified atom stereocenters. The van der Waals surface area contributed by atoms with Gasteiger partial charge >= 0.3 is 0 Å². The van der Waals surface area contributed by atoms with E-state index in [1.54, 1.807) is 51.7 Å². The van der Waals surface area contributed by atoms with Gasteiger partial charge in [-0.05, 0) is 44.5 Å². The molecule has 0 atom stereocenters. The van der Waals surface area contributed by atoms with Crippen molar-refractivity contribution in [3.8, 4) is 0 Å². The predicted molar refractivity (Wildman–Crippen MR) is 119 cm³/mol. The van der Waals surface area contributed by atoms with Crippen molar-refractivity contribution in [3.05, 3.63) is 69.8 Å². The second-order valence-corrected chi connectivity index (χ2v) is 8.17. The molecule has 0 saturated heterocycles. The fraction of sp³-hybridized carbons (Fsp3) is 0.391. The number of aromatic nitrogens is 4. The molecule has 8 nitrogen and oxygen atoms in total. The third-order valence-electron chi connectivity index (χ3n) is 5.75. The van der Waals surface area contributed by atoms with E-state index in [1.807, 2.05) is 47.0 Å². The number of amides is 2. The number of carbonyl (C=O) groups is 2. The standard InChI is InChI=1S/C23H30N6O2/c1-15-8-18(22(30)26(4)13-20-11-24-28(6)16(20)2)10-19(9-15)23(31)27(5)14-21-12-25-29(7)17(21)3/h8-12H,13-14H2,1-7H3. The molecule has 2 heterocycles. The van der Waals surface area contributed by atoms with E-state index in [9.17, 15) is 9.59 Å². The number of hydrogen-bond donors (Lipinski definition) is 0. The van der Waals surface area contributed by atoms with Gasteiger partial charge in [0.05, 0.1) is 12.4 Å². The topological polar surface area (TPSA) is 76.3 Å². The summed E-state index contributed by atoms with van der Waals surface area (Å²) in [6, 6.07) is 5.31. The molecule has 0 N–H and O–H groups in total. The summed E-state index contributed by atoms with van der Waals surface area (Å²) in [5.74, 6) is -0.265. The molecule has 0 aliphatic heterocycles. The zero-order valence-corrected chi connectivity index (χ0v) is 19.3. The van der Waals surface area contributed by atoms with Crippen molar-refractivity contribution in [2.75, 3.05) is 14.1 Å². The molecule has 3 aromatic rings. The Morgan fingerprint density at radius 2 is 1.16 bits per heavy atom. The molecule has 8 heteroatoms. The van der Waals surface area contributed by atoms with Crippen LogP contribution in [0.3, 0.4) is 0 Å². The summed E-state index contributed by atoms with van der Waals surface area (Å²) in [6.07, 6.45) is 3.55. The summed E-state index contributed by atoms with van der Waals surface area (Å²) in [5, 5.41) is 8.47. The van der Waals surface area contributed by atoms with Gasteiger partial charge in [0.15, 0.2) is 0 Å². The third-order valence-corrected chi connectivity index (χ3v) is 5.75. The average Bonchev–Trinajstić information content (AvgIpc) is 3.22. The van der Waals surface area contributed by atoms with Crippen LogP contribution in [0.2, 0.25) is 0 Å². The molecular weight excluding hydrogens is 392 g/mol. The zero-order chi connectivity index (χ0) is 22.9. The van der Waals surface area contributed by atoms with Gasteiger partial charge in [-0.15, -0.1) is 0 Å². The lowest BCUT2D eigenvalue weighted by molar-refractivity contribution is 0.0783. The van der Waals surface area contributed by atoms with E-state index in [2.05, 4.69) is 10.2 Å². The minimum Gasteiger partial charge on any atom is -0.337 e. The van der Waals surface area contributed by atoms with Gasteiger partial charge in [0, 0.05) is 74.9 Å². The van der Waals surface area contributed by atoms with Gasteiger partial charge in [-0.25, -0.2) is 0 Å². The van der Waals surface area contributed by atoms with Gasteiger partial charge in [-0.3, -0.25) is 19.0 Å². The molecule has 0 fully saturated rings. The quantitative estimate of drug-likeness (QED) is 0.612. The smallest absolute Gasteiger partial charge is 0.253 e. The Kier molecular flexibility index (Phi) is 6.29. The maximum absolute atomic E-state index is 13.1. The Morgan fingerprint density at radius 3 is 1.48 bits per heavy atom. The summed E-state index contributed by atoms with van der Waals surface area (Å²) in [7, 11) is 7.27.